The Morgan fingerprint density at radius 2 is 1.09 bits per heavy atom. The summed E-state index contributed by atoms with van der Waals surface area (Å²) in [6, 6.07) is 17.3. The van der Waals surface area contributed by atoms with Crippen LogP contribution in [-0.4, -0.2) is 22.2 Å². The molecule has 3 aromatic carbocycles. The van der Waals surface area contributed by atoms with Gasteiger partial charge in [0.2, 0.25) is 0 Å². The molecule has 0 bridgehead atoms. The fourth-order valence-corrected chi connectivity index (χ4v) is 2.36. The number of carboxylic acids is 2. The molecule has 2 N–H and O–H groups in total. The van der Waals surface area contributed by atoms with Crippen LogP contribution in [0.5, 0.6) is 0 Å². The number of hydrogen-bond donors (Lipinski definition) is 2. The van der Waals surface area contributed by atoms with Crippen molar-refractivity contribution in [3.05, 3.63) is 71.8 Å². The molecule has 0 aliphatic heterocycles. The number of benzene rings is 3. The van der Waals surface area contributed by atoms with Gasteiger partial charge in [0.05, 0.1) is 11.1 Å². The van der Waals surface area contributed by atoms with Crippen LogP contribution in [0.2, 0.25) is 0 Å². The zero-order chi connectivity index (χ0) is 15.7. The second-order valence-electron chi connectivity index (χ2n) is 4.96. The molecule has 0 amide bonds. The molecule has 0 aliphatic rings. The summed E-state index contributed by atoms with van der Waals surface area (Å²) in [7, 11) is 0. The molecule has 0 unspecified atom stereocenters. The van der Waals surface area contributed by atoms with Gasteiger partial charge in [-0.25, -0.2) is 9.59 Å². The van der Waals surface area contributed by atoms with Gasteiger partial charge < -0.3 is 10.2 Å². The number of carbonyl (C=O) groups is 2. The average molecular weight is 292 g/mol. The number of hydrogen-bond acceptors (Lipinski definition) is 2. The highest BCUT2D eigenvalue weighted by atomic mass is 16.4. The van der Waals surface area contributed by atoms with Gasteiger partial charge in [-0.15, -0.1) is 0 Å². The Morgan fingerprint density at radius 1 is 0.591 bits per heavy atom. The van der Waals surface area contributed by atoms with Crippen LogP contribution in [0.1, 0.15) is 20.7 Å². The van der Waals surface area contributed by atoms with Gasteiger partial charge in [-0.3, -0.25) is 0 Å². The molecule has 0 radical (unpaired) electrons. The molecule has 0 aromatic heterocycles. The van der Waals surface area contributed by atoms with E-state index in [4.69, 9.17) is 10.2 Å². The molecule has 3 aromatic rings. The Labute approximate surface area is 126 Å². The largest absolute Gasteiger partial charge is 0.478 e. The first-order valence-corrected chi connectivity index (χ1v) is 6.65. The molecule has 0 atom stereocenters. The number of rotatable bonds is 3. The third-order valence-electron chi connectivity index (χ3n) is 3.55. The van der Waals surface area contributed by atoms with Gasteiger partial charge in [0.15, 0.2) is 0 Å². The van der Waals surface area contributed by atoms with E-state index in [1.807, 2.05) is 18.2 Å². The van der Waals surface area contributed by atoms with E-state index in [-0.39, 0.29) is 11.1 Å². The molecule has 108 valence electrons. The number of aromatic carboxylic acids is 2. The molecule has 0 fully saturated rings. The summed E-state index contributed by atoms with van der Waals surface area (Å²) in [5, 5.41) is 19.7. The van der Waals surface area contributed by atoms with Crippen molar-refractivity contribution in [1.82, 2.24) is 0 Å². The summed E-state index contributed by atoms with van der Waals surface area (Å²) in [5.74, 6) is -1.90. The van der Waals surface area contributed by atoms with Crippen molar-refractivity contribution >= 4 is 22.7 Å². The van der Waals surface area contributed by atoms with Crippen molar-refractivity contribution in [1.29, 1.82) is 0 Å². The van der Waals surface area contributed by atoms with Crippen LogP contribution in [0.15, 0.2) is 60.7 Å². The maximum atomic E-state index is 11.0. The highest BCUT2D eigenvalue weighted by Crippen LogP contribution is 2.25. The highest BCUT2D eigenvalue weighted by Gasteiger charge is 2.06. The van der Waals surface area contributed by atoms with Gasteiger partial charge in [-0.05, 0) is 52.2 Å². The molecule has 4 heteroatoms. The Kier molecular flexibility index (Phi) is 3.35. The van der Waals surface area contributed by atoms with E-state index in [1.54, 1.807) is 42.5 Å². The first-order valence-electron chi connectivity index (χ1n) is 6.65. The van der Waals surface area contributed by atoms with Crippen LogP contribution in [0.3, 0.4) is 0 Å². The molecule has 0 saturated heterocycles. The molecule has 0 aliphatic carbocycles. The van der Waals surface area contributed by atoms with Gasteiger partial charge in [0, 0.05) is 0 Å². The first kappa shape index (κ1) is 13.8. The maximum Gasteiger partial charge on any atom is 0.335 e. The topological polar surface area (TPSA) is 74.6 Å². The third kappa shape index (κ3) is 2.54. The van der Waals surface area contributed by atoms with Crippen LogP contribution >= 0.6 is 0 Å². The van der Waals surface area contributed by atoms with E-state index in [1.165, 1.54) is 0 Å². The van der Waals surface area contributed by atoms with Gasteiger partial charge in [0.1, 0.15) is 0 Å². The van der Waals surface area contributed by atoms with Gasteiger partial charge in [0.25, 0.3) is 0 Å². The average Bonchev–Trinajstić information content (AvgIpc) is 2.54. The summed E-state index contributed by atoms with van der Waals surface area (Å²) in [4.78, 5) is 21.8. The fraction of sp³-hybridized carbons (Fsp3) is 0. The van der Waals surface area contributed by atoms with E-state index >= 15 is 0 Å². The Morgan fingerprint density at radius 3 is 1.73 bits per heavy atom. The fourth-order valence-electron chi connectivity index (χ4n) is 2.36. The van der Waals surface area contributed by atoms with Gasteiger partial charge in [-0.1, -0.05) is 30.3 Å². The van der Waals surface area contributed by atoms with E-state index < -0.39 is 11.9 Å². The molecule has 0 saturated carbocycles. The number of carboxylic acid groups (broad SMARTS) is 2. The monoisotopic (exact) mass is 292 g/mol. The van der Waals surface area contributed by atoms with Crippen molar-refractivity contribution in [3.8, 4) is 11.1 Å². The molecule has 0 spiro atoms. The van der Waals surface area contributed by atoms with Crippen LogP contribution in [-0.2, 0) is 0 Å². The van der Waals surface area contributed by atoms with E-state index in [0.29, 0.717) is 0 Å². The minimum atomic E-state index is -0.953. The molecule has 22 heavy (non-hydrogen) atoms. The predicted molar refractivity (Wildman–Crippen MR) is 83.3 cm³/mol. The summed E-state index contributed by atoms with van der Waals surface area (Å²) < 4.78 is 0. The molecular weight excluding hydrogens is 280 g/mol. The molecule has 3 rings (SSSR count). The summed E-state index contributed by atoms with van der Waals surface area (Å²) in [6.45, 7) is 0. The minimum Gasteiger partial charge on any atom is -0.478 e. The lowest BCUT2D eigenvalue weighted by atomic mass is 9.99. The zero-order valence-corrected chi connectivity index (χ0v) is 11.5. The van der Waals surface area contributed by atoms with E-state index in [9.17, 15) is 9.59 Å². The standard InChI is InChI=1S/C18H12O4/c19-17(20)12-3-1-11(2-4-12)13-5-6-15-10-16(18(21)22)8-7-14(15)9-13/h1-10H,(H,19,20)(H,21,22). The Bertz CT molecular complexity index is 879. The summed E-state index contributed by atoms with van der Waals surface area (Å²) >= 11 is 0. The molecule has 4 nitrogen and oxygen atoms in total. The van der Waals surface area contributed by atoms with Gasteiger partial charge >= 0.3 is 11.9 Å². The number of fused-ring (bicyclic) bond motifs is 1. The Balaban J connectivity index is 2.03. The lowest BCUT2D eigenvalue weighted by molar-refractivity contribution is 0.0686. The third-order valence-corrected chi connectivity index (χ3v) is 3.55. The first-order chi connectivity index (χ1) is 10.5. The predicted octanol–water partition coefficient (Wildman–Crippen LogP) is 3.90. The molecular formula is C18H12O4. The van der Waals surface area contributed by atoms with Gasteiger partial charge in [-0.2, -0.15) is 0 Å². The Hall–Kier alpha value is -3.14. The van der Waals surface area contributed by atoms with Crippen LogP contribution < -0.4 is 0 Å². The van der Waals surface area contributed by atoms with Crippen molar-refractivity contribution in [2.45, 2.75) is 0 Å². The minimum absolute atomic E-state index is 0.246. The van der Waals surface area contributed by atoms with E-state index in [2.05, 4.69) is 0 Å². The maximum absolute atomic E-state index is 11.0. The SMILES string of the molecule is O=C(O)c1ccc(-c2ccc3cc(C(=O)O)ccc3c2)cc1. The van der Waals surface area contributed by atoms with E-state index in [0.717, 1.165) is 21.9 Å². The van der Waals surface area contributed by atoms with Crippen molar-refractivity contribution in [2.24, 2.45) is 0 Å². The van der Waals surface area contributed by atoms with Crippen LogP contribution in [0.4, 0.5) is 0 Å². The van der Waals surface area contributed by atoms with Crippen molar-refractivity contribution in [3.63, 3.8) is 0 Å². The highest BCUT2D eigenvalue weighted by molar-refractivity contribution is 5.96. The molecule has 0 heterocycles. The van der Waals surface area contributed by atoms with Crippen LogP contribution in [0, 0.1) is 0 Å². The second-order valence-corrected chi connectivity index (χ2v) is 4.96. The van der Waals surface area contributed by atoms with Crippen molar-refractivity contribution < 1.29 is 19.8 Å². The lowest BCUT2D eigenvalue weighted by Gasteiger charge is -2.06. The summed E-state index contributed by atoms with van der Waals surface area (Å²) in [5.41, 5.74) is 2.36. The van der Waals surface area contributed by atoms with Crippen molar-refractivity contribution in [2.75, 3.05) is 0 Å². The second kappa shape index (κ2) is 5.33. The quantitative estimate of drug-likeness (QED) is 0.767. The summed E-state index contributed by atoms with van der Waals surface area (Å²) in [6.07, 6.45) is 0. The zero-order valence-electron chi connectivity index (χ0n) is 11.5. The normalized spacial score (nSPS) is 10.5. The smallest absolute Gasteiger partial charge is 0.335 e. The van der Waals surface area contributed by atoms with Crippen LogP contribution in [0.25, 0.3) is 21.9 Å². The lowest BCUT2D eigenvalue weighted by Crippen LogP contribution is -1.95.